The van der Waals surface area contributed by atoms with Crippen LogP contribution in [0, 0.1) is 0 Å². The molecule has 0 spiro atoms. The van der Waals surface area contributed by atoms with Crippen LogP contribution in [-0.4, -0.2) is 6.54 Å². The van der Waals surface area contributed by atoms with E-state index in [1.807, 2.05) is 23.5 Å². The van der Waals surface area contributed by atoms with E-state index in [1.54, 1.807) is 0 Å². The Morgan fingerprint density at radius 1 is 1.28 bits per heavy atom. The Morgan fingerprint density at radius 3 is 2.61 bits per heavy atom. The van der Waals surface area contributed by atoms with Crippen LogP contribution < -0.4 is 5.32 Å². The average Bonchev–Trinajstić information content (AvgIpc) is 2.66. The first-order valence-corrected chi connectivity index (χ1v) is 7.55. The lowest BCUT2D eigenvalue weighted by molar-refractivity contribution is 0.585. The number of hydrogen-bond donors (Lipinski definition) is 1. The van der Waals surface area contributed by atoms with E-state index in [4.69, 9.17) is 11.6 Å². The summed E-state index contributed by atoms with van der Waals surface area (Å²) in [7, 11) is 0. The molecular formula is C15H20ClNS. The minimum absolute atomic E-state index is 0.147. The highest BCUT2D eigenvalue weighted by Crippen LogP contribution is 2.41. The van der Waals surface area contributed by atoms with Crippen molar-refractivity contribution in [2.24, 2.45) is 0 Å². The van der Waals surface area contributed by atoms with Crippen molar-refractivity contribution >= 4 is 33.0 Å². The molecule has 0 aliphatic heterocycles. The minimum atomic E-state index is 0.147. The highest BCUT2D eigenvalue weighted by atomic mass is 35.5. The van der Waals surface area contributed by atoms with E-state index in [0.29, 0.717) is 0 Å². The van der Waals surface area contributed by atoms with Crippen molar-refractivity contribution in [3.05, 3.63) is 33.7 Å². The number of benzene rings is 1. The summed E-state index contributed by atoms with van der Waals surface area (Å²) in [5.41, 5.74) is 1.58. The van der Waals surface area contributed by atoms with Gasteiger partial charge in [-0.05, 0) is 29.0 Å². The van der Waals surface area contributed by atoms with Gasteiger partial charge in [-0.1, -0.05) is 51.4 Å². The molecule has 3 heteroatoms. The molecule has 1 heterocycles. The van der Waals surface area contributed by atoms with E-state index in [2.05, 4.69) is 39.1 Å². The van der Waals surface area contributed by atoms with Gasteiger partial charge in [0.25, 0.3) is 0 Å². The van der Waals surface area contributed by atoms with Crippen LogP contribution in [0.15, 0.2) is 18.2 Å². The molecule has 1 nitrogen and oxygen atoms in total. The van der Waals surface area contributed by atoms with Crippen molar-refractivity contribution in [2.45, 2.75) is 39.7 Å². The summed E-state index contributed by atoms with van der Waals surface area (Å²) in [6.45, 7) is 10.9. The van der Waals surface area contributed by atoms with Crippen LogP contribution in [0.25, 0.3) is 10.1 Å². The summed E-state index contributed by atoms with van der Waals surface area (Å²) in [5, 5.41) is 5.60. The normalized spacial score (nSPS) is 12.3. The first-order chi connectivity index (χ1) is 8.45. The van der Waals surface area contributed by atoms with E-state index >= 15 is 0 Å². The van der Waals surface area contributed by atoms with Crippen LogP contribution in [0.2, 0.25) is 5.02 Å². The van der Waals surface area contributed by atoms with Gasteiger partial charge in [-0.3, -0.25) is 0 Å². The molecule has 0 amide bonds. The minimum Gasteiger partial charge on any atom is -0.312 e. The second-order valence-corrected chi connectivity index (χ2v) is 7.06. The van der Waals surface area contributed by atoms with Crippen molar-refractivity contribution in [1.29, 1.82) is 0 Å². The van der Waals surface area contributed by atoms with E-state index in [-0.39, 0.29) is 5.41 Å². The van der Waals surface area contributed by atoms with Crippen molar-refractivity contribution in [2.75, 3.05) is 6.54 Å². The lowest BCUT2D eigenvalue weighted by atomic mass is 9.85. The largest absolute Gasteiger partial charge is 0.312 e. The van der Waals surface area contributed by atoms with Gasteiger partial charge in [-0.25, -0.2) is 0 Å². The van der Waals surface area contributed by atoms with Crippen LogP contribution in [-0.2, 0) is 12.0 Å². The molecule has 1 aromatic heterocycles. The molecule has 2 rings (SSSR count). The van der Waals surface area contributed by atoms with Gasteiger partial charge in [0.2, 0.25) is 0 Å². The fourth-order valence-electron chi connectivity index (χ4n) is 2.32. The molecule has 98 valence electrons. The molecule has 0 saturated heterocycles. The molecule has 1 aromatic carbocycles. The molecule has 18 heavy (non-hydrogen) atoms. The fraction of sp³-hybridized carbons (Fsp3) is 0.467. The first kappa shape index (κ1) is 13.9. The van der Waals surface area contributed by atoms with E-state index < -0.39 is 0 Å². The Hall–Kier alpha value is -0.570. The summed E-state index contributed by atoms with van der Waals surface area (Å²) < 4.78 is 1.22. The van der Waals surface area contributed by atoms with Crippen molar-refractivity contribution in [3.63, 3.8) is 0 Å². The third kappa shape index (κ3) is 2.56. The topological polar surface area (TPSA) is 12.0 Å². The van der Waals surface area contributed by atoms with E-state index in [9.17, 15) is 0 Å². The lowest BCUT2D eigenvalue weighted by Crippen LogP contribution is -2.17. The van der Waals surface area contributed by atoms with E-state index in [0.717, 1.165) is 18.1 Å². The van der Waals surface area contributed by atoms with Gasteiger partial charge >= 0.3 is 0 Å². The van der Waals surface area contributed by atoms with Crippen molar-refractivity contribution in [3.8, 4) is 0 Å². The number of halogens is 1. The SMILES string of the molecule is CCNCc1sc2c(Cl)cccc2c1C(C)(C)C. The van der Waals surface area contributed by atoms with Crippen molar-refractivity contribution in [1.82, 2.24) is 5.32 Å². The monoisotopic (exact) mass is 281 g/mol. The summed E-state index contributed by atoms with van der Waals surface area (Å²) in [6.07, 6.45) is 0. The third-order valence-electron chi connectivity index (χ3n) is 3.03. The molecule has 0 radical (unpaired) electrons. The van der Waals surface area contributed by atoms with Crippen molar-refractivity contribution < 1.29 is 0 Å². The number of fused-ring (bicyclic) bond motifs is 1. The van der Waals surface area contributed by atoms with Crippen LogP contribution in [0.1, 0.15) is 38.1 Å². The Bertz CT molecular complexity index is 551. The van der Waals surface area contributed by atoms with Gasteiger partial charge in [-0.2, -0.15) is 0 Å². The summed E-state index contributed by atoms with van der Waals surface area (Å²) >= 11 is 8.14. The van der Waals surface area contributed by atoms with Crippen LogP contribution in [0.4, 0.5) is 0 Å². The molecule has 0 fully saturated rings. The Balaban J connectivity index is 2.65. The molecule has 0 atom stereocenters. The zero-order valence-electron chi connectivity index (χ0n) is 11.4. The molecule has 0 aliphatic carbocycles. The second kappa shape index (κ2) is 5.20. The maximum absolute atomic E-state index is 6.32. The quantitative estimate of drug-likeness (QED) is 0.838. The Labute approximate surface area is 118 Å². The summed E-state index contributed by atoms with van der Waals surface area (Å²) in [6, 6.07) is 6.21. The zero-order valence-corrected chi connectivity index (χ0v) is 13.0. The molecular weight excluding hydrogens is 262 g/mol. The van der Waals surface area contributed by atoms with Gasteiger partial charge in [0.15, 0.2) is 0 Å². The van der Waals surface area contributed by atoms with E-state index in [1.165, 1.54) is 20.5 Å². The highest BCUT2D eigenvalue weighted by molar-refractivity contribution is 7.20. The smallest absolute Gasteiger partial charge is 0.0584 e. The molecule has 0 saturated carbocycles. The van der Waals surface area contributed by atoms with Gasteiger partial charge < -0.3 is 5.32 Å². The van der Waals surface area contributed by atoms with Gasteiger partial charge in [0, 0.05) is 11.4 Å². The standard InChI is InChI=1S/C15H20ClNS/c1-5-17-9-12-13(15(2,3)4)10-7-6-8-11(16)14(10)18-12/h6-8,17H,5,9H2,1-4H3. The van der Waals surface area contributed by atoms with Crippen LogP contribution in [0.3, 0.4) is 0 Å². The van der Waals surface area contributed by atoms with Gasteiger partial charge in [0.1, 0.15) is 0 Å². The third-order valence-corrected chi connectivity index (χ3v) is 4.69. The van der Waals surface area contributed by atoms with Gasteiger partial charge in [-0.15, -0.1) is 11.3 Å². The average molecular weight is 282 g/mol. The maximum Gasteiger partial charge on any atom is 0.0584 e. The first-order valence-electron chi connectivity index (χ1n) is 6.36. The Morgan fingerprint density at radius 2 is 2.00 bits per heavy atom. The number of thiophene rings is 1. The predicted octanol–water partition coefficient (Wildman–Crippen LogP) is 4.96. The molecule has 0 aliphatic rings. The van der Waals surface area contributed by atoms with Crippen LogP contribution >= 0.6 is 22.9 Å². The fourth-order valence-corrected chi connectivity index (χ4v) is 3.99. The summed E-state index contributed by atoms with van der Waals surface area (Å²) in [5.74, 6) is 0. The molecule has 1 N–H and O–H groups in total. The van der Waals surface area contributed by atoms with Gasteiger partial charge in [0.05, 0.1) is 9.72 Å². The Kier molecular flexibility index (Phi) is 4.00. The maximum atomic E-state index is 6.32. The highest BCUT2D eigenvalue weighted by Gasteiger charge is 2.23. The number of rotatable bonds is 3. The predicted molar refractivity (Wildman–Crippen MR) is 82.9 cm³/mol. The lowest BCUT2D eigenvalue weighted by Gasteiger charge is -2.20. The number of nitrogens with one attached hydrogen (secondary N) is 1. The molecule has 2 aromatic rings. The number of hydrogen-bond acceptors (Lipinski definition) is 2. The molecule has 0 unspecified atom stereocenters. The second-order valence-electron chi connectivity index (χ2n) is 5.55. The summed E-state index contributed by atoms with van der Waals surface area (Å²) in [4.78, 5) is 1.41. The van der Waals surface area contributed by atoms with Crippen LogP contribution in [0.5, 0.6) is 0 Å². The molecule has 0 bridgehead atoms. The zero-order chi connectivity index (χ0) is 13.3.